The third-order valence-corrected chi connectivity index (χ3v) is 5.22. The van der Waals surface area contributed by atoms with Gasteiger partial charge in [-0.1, -0.05) is 6.42 Å². The fourth-order valence-corrected chi connectivity index (χ4v) is 3.99. The second-order valence-electron chi connectivity index (χ2n) is 6.94. The number of rotatable bonds is 2. The lowest BCUT2D eigenvalue weighted by atomic mass is 10.0. The maximum Gasteiger partial charge on any atom is 0.235 e. The van der Waals surface area contributed by atoms with E-state index in [-0.39, 0.29) is 11.9 Å². The van der Waals surface area contributed by atoms with Crippen LogP contribution in [0, 0.1) is 5.82 Å². The summed E-state index contributed by atoms with van der Waals surface area (Å²) in [5.74, 6) is 0.203. The van der Waals surface area contributed by atoms with Crippen molar-refractivity contribution in [2.75, 3.05) is 13.1 Å². The van der Waals surface area contributed by atoms with Crippen molar-refractivity contribution in [2.24, 2.45) is 4.99 Å². The van der Waals surface area contributed by atoms with E-state index in [1.165, 1.54) is 31.4 Å². The zero-order valence-corrected chi connectivity index (χ0v) is 14.6. The van der Waals surface area contributed by atoms with Crippen LogP contribution in [0.25, 0.3) is 17.0 Å². The van der Waals surface area contributed by atoms with Crippen molar-refractivity contribution in [1.82, 2.24) is 24.4 Å². The van der Waals surface area contributed by atoms with Crippen molar-refractivity contribution in [3.05, 3.63) is 42.2 Å². The third kappa shape index (κ3) is 2.42. The number of halogens is 1. The van der Waals surface area contributed by atoms with E-state index in [1.807, 2.05) is 0 Å². The van der Waals surface area contributed by atoms with Crippen molar-refractivity contribution in [2.45, 2.75) is 32.2 Å². The molecule has 1 saturated heterocycles. The lowest BCUT2D eigenvalue weighted by Crippen LogP contribution is -2.36. The number of piperidine rings is 1. The van der Waals surface area contributed by atoms with Crippen molar-refractivity contribution in [3.63, 3.8) is 0 Å². The van der Waals surface area contributed by atoms with E-state index >= 15 is 0 Å². The number of fused-ring (bicyclic) bond motifs is 2. The van der Waals surface area contributed by atoms with E-state index in [0.717, 1.165) is 35.7 Å². The van der Waals surface area contributed by atoms with E-state index in [0.29, 0.717) is 11.5 Å². The van der Waals surface area contributed by atoms with Crippen molar-refractivity contribution < 1.29 is 4.39 Å². The molecular formula is C19H19FN6. The van der Waals surface area contributed by atoms with Gasteiger partial charge >= 0.3 is 0 Å². The van der Waals surface area contributed by atoms with Crippen molar-refractivity contribution in [1.29, 1.82) is 0 Å². The van der Waals surface area contributed by atoms with Gasteiger partial charge in [0, 0.05) is 11.8 Å². The molecule has 5 rings (SSSR count). The highest BCUT2D eigenvalue weighted by atomic mass is 19.1. The summed E-state index contributed by atoms with van der Waals surface area (Å²) in [6.07, 6.45) is 7.11. The smallest absolute Gasteiger partial charge is 0.235 e. The molecule has 1 aromatic carbocycles. The Bertz CT molecular complexity index is 1020. The molecule has 7 heteroatoms. The summed E-state index contributed by atoms with van der Waals surface area (Å²) >= 11 is 0. The predicted molar refractivity (Wildman–Crippen MR) is 97.6 cm³/mol. The molecule has 0 spiro atoms. The molecule has 0 bridgehead atoms. The first-order valence-electron chi connectivity index (χ1n) is 9.00. The van der Waals surface area contributed by atoms with Crippen LogP contribution in [0.2, 0.25) is 0 Å². The number of aromatic nitrogens is 4. The summed E-state index contributed by atoms with van der Waals surface area (Å²) in [6, 6.07) is 4.65. The minimum Gasteiger partial charge on any atom is -0.290 e. The number of likely N-dealkylation sites (tertiary alicyclic amines) is 1. The normalized spacial score (nSPS) is 20.4. The Morgan fingerprint density at radius 1 is 1.12 bits per heavy atom. The topological polar surface area (TPSA) is 59.2 Å². The second kappa shape index (κ2) is 5.95. The fourth-order valence-electron chi connectivity index (χ4n) is 3.99. The van der Waals surface area contributed by atoms with Gasteiger partial charge in [0.15, 0.2) is 0 Å². The molecule has 0 unspecified atom stereocenters. The lowest BCUT2D eigenvalue weighted by Gasteiger charge is -2.32. The van der Waals surface area contributed by atoms with Gasteiger partial charge in [0.25, 0.3) is 0 Å². The number of nitrogens with zero attached hydrogens (tertiary/aromatic N) is 6. The maximum atomic E-state index is 13.7. The van der Waals surface area contributed by atoms with Crippen LogP contribution in [0.5, 0.6) is 0 Å². The molecule has 0 aliphatic carbocycles. The van der Waals surface area contributed by atoms with Gasteiger partial charge in [-0.05, 0) is 45.0 Å². The van der Waals surface area contributed by atoms with Crippen LogP contribution in [0.15, 0.2) is 35.7 Å². The molecule has 132 valence electrons. The molecule has 0 amide bonds. The molecule has 1 fully saturated rings. The van der Waals surface area contributed by atoms with Crippen LogP contribution in [0.4, 0.5) is 10.1 Å². The Kier molecular flexibility index (Phi) is 3.56. The summed E-state index contributed by atoms with van der Waals surface area (Å²) < 4.78 is 15.4. The quantitative estimate of drug-likeness (QED) is 0.709. The van der Waals surface area contributed by atoms with Crippen molar-refractivity contribution >= 4 is 22.4 Å². The Hall–Kier alpha value is -2.67. The first kappa shape index (κ1) is 15.6. The van der Waals surface area contributed by atoms with Gasteiger partial charge < -0.3 is 0 Å². The zero-order chi connectivity index (χ0) is 17.7. The summed E-state index contributed by atoms with van der Waals surface area (Å²) in [5, 5.41) is 0. The molecule has 0 radical (unpaired) electrons. The monoisotopic (exact) mass is 350 g/mol. The van der Waals surface area contributed by atoms with Gasteiger partial charge in [0.05, 0.1) is 29.0 Å². The molecular weight excluding hydrogens is 331 g/mol. The van der Waals surface area contributed by atoms with E-state index in [2.05, 4.69) is 26.8 Å². The lowest BCUT2D eigenvalue weighted by molar-refractivity contribution is 0.202. The summed E-state index contributed by atoms with van der Waals surface area (Å²) in [7, 11) is 0. The van der Waals surface area contributed by atoms with Gasteiger partial charge in [0.1, 0.15) is 17.8 Å². The third-order valence-electron chi connectivity index (χ3n) is 5.22. The fraction of sp³-hybridized carbons (Fsp3) is 0.368. The SMILES string of the molecule is CC1=Nc2cnc(-n3cnc4ccc(F)cc43)nc2[C@H]1N1CCCCC1. The van der Waals surface area contributed by atoms with Crippen LogP contribution in [0.3, 0.4) is 0 Å². The molecule has 0 saturated carbocycles. The minimum absolute atomic E-state index is 0.110. The van der Waals surface area contributed by atoms with Crippen LogP contribution in [-0.4, -0.2) is 43.2 Å². The number of benzene rings is 1. The summed E-state index contributed by atoms with van der Waals surface area (Å²) in [4.78, 5) is 20.7. The molecule has 0 N–H and O–H groups in total. The van der Waals surface area contributed by atoms with E-state index in [4.69, 9.17) is 4.98 Å². The molecule has 4 heterocycles. The molecule has 6 nitrogen and oxygen atoms in total. The van der Waals surface area contributed by atoms with Crippen LogP contribution in [-0.2, 0) is 0 Å². The highest BCUT2D eigenvalue weighted by Gasteiger charge is 2.33. The maximum absolute atomic E-state index is 13.7. The average Bonchev–Trinajstić information content (AvgIpc) is 3.21. The Morgan fingerprint density at radius 2 is 1.96 bits per heavy atom. The predicted octanol–water partition coefficient (Wildman–Crippen LogP) is 3.59. The molecule has 3 aromatic rings. The molecule has 2 aliphatic heterocycles. The van der Waals surface area contributed by atoms with Crippen molar-refractivity contribution in [3.8, 4) is 5.95 Å². The first-order chi connectivity index (χ1) is 12.7. The molecule has 2 aromatic heterocycles. The average molecular weight is 350 g/mol. The van der Waals surface area contributed by atoms with Gasteiger partial charge in [-0.25, -0.2) is 19.3 Å². The molecule has 26 heavy (non-hydrogen) atoms. The van der Waals surface area contributed by atoms with Gasteiger partial charge in [0.2, 0.25) is 5.95 Å². The zero-order valence-electron chi connectivity index (χ0n) is 14.6. The largest absolute Gasteiger partial charge is 0.290 e. The Morgan fingerprint density at radius 3 is 2.81 bits per heavy atom. The van der Waals surface area contributed by atoms with Crippen LogP contribution < -0.4 is 0 Å². The Balaban J connectivity index is 1.59. The highest BCUT2D eigenvalue weighted by Crippen LogP contribution is 2.37. The highest BCUT2D eigenvalue weighted by molar-refractivity contribution is 5.95. The second-order valence-corrected chi connectivity index (χ2v) is 6.94. The van der Waals surface area contributed by atoms with Crippen LogP contribution >= 0.6 is 0 Å². The number of imidazole rings is 1. The molecule has 1 atom stereocenters. The van der Waals surface area contributed by atoms with E-state index in [1.54, 1.807) is 23.2 Å². The molecule has 2 aliphatic rings. The summed E-state index contributed by atoms with van der Waals surface area (Å²) in [6.45, 7) is 4.19. The summed E-state index contributed by atoms with van der Waals surface area (Å²) in [5.41, 5.74) is 4.21. The number of aliphatic imine (C=N–C) groups is 1. The minimum atomic E-state index is -0.300. The Labute approximate surface area is 150 Å². The van der Waals surface area contributed by atoms with Gasteiger partial charge in [-0.15, -0.1) is 0 Å². The van der Waals surface area contributed by atoms with E-state index < -0.39 is 0 Å². The number of hydrogen-bond donors (Lipinski definition) is 0. The first-order valence-corrected chi connectivity index (χ1v) is 9.00. The standard InChI is InChI=1S/C19H19FN6/c1-12-18(25-7-3-2-4-8-25)17-15(23-12)10-21-19(24-17)26-11-22-14-6-5-13(20)9-16(14)26/h5-6,9-11,18H,2-4,7-8H2,1H3/t18-/m0/s1. The van der Waals surface area contributed by atoms with Gasteiger partial charge in [-0.2, -0.15) is 0 Å². The van der Waals surface area contributed by atoms with E-state index in [9.17, 15) is 4.39 Å². The van der Waals surface area contributed by atoms with Gasteiger partial charge in [-0.3, -0.25) is 14.5 Å². The number of hydrogen-bond acceptors (Lipinski definition) is 5. The van der Waals surface area contributed by atoms with Crippen LogP contribution in [0.1, 0.15) is 37.9 Å².